The van der Waals surface area contributed by atoms with Crippen molar-refractivity contribution in [1.82, 2.24) is 4.90 Å². The van der Waals surface area contributed by atoms with Crippen LogP contribution in [0.3, 0.4) is 0 Å². The first-order chi connectivity index (χ1) is 11.3. The van der Waals surface area contributed by atoms with E-state index in [-0.39, 0.29) is 5.78 Å². The number of hydrogen-bond acceptors (Lipinski definition) is 3. The van der Waals surface area contributed by atoms with Crippen molar-refractivity contribution in [3.8, 4) is 5.75 Å². The summed E-state index contributed by atoms with van der Waals surface area (Å²) in [7, 11) is 1.62. The minimum Gasteiger partial charge on any atom is -0.497 e. The summed E-state index contributed by atoms with van der Waals surface area (Å²) in [6.45, 7) is 3.11. The Bertz CT molecular complexity index is 675. The average Bonchev–Trinajstić information content (AvgIpc) is 2.62. The van der Waals surface area contributed by atoms with Crippen LogP contribution >= 0.6 is 0 Å². The van der Waals surface area contributed by atoms with Crippen LogP contribution in [0, 0.1) is 0 Å². The van der Waals surface area contributed by atoms with Crippen LogP contribution in [0.1, 0.15) is 40.7 Å². The molecule has 3 heteroatoms. The molecule has 0 atom stereocenters. The van der Waals surface area contributed by atoms with Gasteiger partial charge >= 0.3 is 0 Å². The van der Waals surface area contributed by atoms with Gasteiger partial charge in [-0.2, -0.15) is 0 Å². The van der Waals surface area contributed by atoms with E-state index in [0.717, 1.165) is 30.8 Å². The van der Waals surface area contributed by atoms with E-state index in [1.54, 1.807) is 13.2 Å². The van der Waals surface area contributed by atoms with Gasteiger partial charge in [-0.25, -0.2) is 0 Å². The van der Waals surface area contributed by atoms with Crippen LogP contribution < -0.4 is 4.74 Å². The Morgan fingerprint density at radius 3 is 2.61 bits per heavy atom. The summed E-state index contributed by atoms with van der Waals surface area (Å²) in [5.41, 5.74) is 2.59. The van der Waals surface area contributed by atoms with E-state index in [1.807, 2.05) is 36.4 Å². The molecule has 0 bridgehead atoms. The number of nitrogens with zero attached hydrogens (tertiary/aromatic N) is 1. The van der Waals surface area contributed by atoms with Crippen molar-refractivity contribution < 1.29 is 9.53 Å². The Morgan fingerprint density at radius 2 is 1.83 bits per heavy atom. The van der Waals surface area contributed by atoms with Crippen LogP contribution in [0.5, 0.6) is 5.75 Å². The summed E-state index contributed by atoms with van der Waals surface area (Å²) in [4.78, 5) is 15.3. The fourth-order valence-electron chi connectivity index (χ4n) is 3.16. The molecule has 0 unspecified atom stereocenters. The number of rotatable bonds is 5. The molecule has 2 aromatic carbocycles. The monoisotopic (exact) mass is 309 g/mol. The van der Waals surface area contributed by atoms with Crippen molar-refractivity contribution in [3.05, 3.63) is 65.2 Å². The van der Waals surface area contributed by atoms with Gasteiger partial charge < -0.3 is 4.74 Å². The number of piperidine rings is 1. The number of benzene rings is 2. The zero-order valence-electron chi connectivity index (χ0n) is 13.6. The summed E-state index contributed by atoms with van der Waals surface area (Å²) in [5, 5.41) is 0. The molecule has 0 aromatic heterocycles. The zero-order chi connectivity index (χ0) is 16.1. The molecule has 0 spiro atoms. The SMILES string of the molecule is COc1cccc(C(=O)c2ccccc2CN2CCCCC2)c1. The number of likely N-dealkylation sites (tertiary alicyclic amines) is 1. The average molecular weight is 309 g/mol. The first-order valence-electron chi connectivity index (χ1n) is 8.27. The molecule has 23 heavy (non-hydrogen) atoms. The Kier molecular flexibility index (Phi) is 5.09. The largest absolute Gasteiger partial charge is 0.497 e. The molecule has 3 nitrogen and oxygen atoms in total. The van der Waals surface area contributed by atoms with Crippen LogP contribution in [0.2, 0.25) is 0 Å². The molecule has 2 aromatic rings. The lowest BCUT2D eigenvalue weighted by Gasteiger charge is -2.27. The molecular weight excluding hydrogens is 286 g/mol. The van der Waals surface area contributed by atoms with E-state index in [4.69, 9.17) is 4.74 Å². The fourth-order valence-corrected chi connectivity index (χ4v) is 3.16. The topological polar surface area (TPSA) is 29.5 Å². The van der Waals surface area contributed by atoms with Crippen molar-refractivity contribution >= 4 is 5.78 Å². The van der Waals surface area contributed by atoms with Gasteiger partial charge in [0.15, 0.2) is 5.78 Å². The minimum absolute atomic E-state index is 0.0662. The second-order valence-electron chi connectivity index (χ2n) is 6.06. The van der Waals surface area contributed by atoms with Gasteiger partial charge in [0.2, 0.25) is 0 Å². The maximum absolute atomic E-state index is 12.9. The summed E-state index contributed by atoms with van der Waals surface area (Å²) >= 11 is 0. The summed E-state index contributed by atoms with van der Waals surface area (Å²) in [6, 6.07) is 15.3. The highest BCUT2D eigenvalue weighted by Gasteiger charge is 2.17. The third kappa shape index (κ3) is 3.80. The lowest BCUT2D eigenvalue weighted by molar-refractivity contribution is 0.103. The normalized spacial score (nSPS) is 15.3. The first-order valence-corrected chi connectivity index (χ1v) is 8.27. The van der Waals surface area contributed by atoms with E-state index in [0.29, 0.717) is 11.3 Å². The lowest BCUT2D eigenvalue weighted by atomic mass is 9.97. The standard InChI is InChI=1S/C20H23NO2/c1-23-18-10-7-9-16(14-18)20(22)19-11-4-3-8-17(19)15-21-12-5-2-6-13-21/h3-4,7-11,14H,2,5-6,12-13,15H2,1H3. The third-order valence-electron chi connectivity index (χ3n) is 4.44. The van der Waals surface area contributed by atoms with Crippen molar-refractivity contribution in [2.45, 2.75) is 25.8 Å². The molecule has 1 aliphatic heterocycles. The molecule has 0 N–H and O–H groups in total. The molecule has 1 aliphatic rings. The number of hydrogen-bond donors (Lipinski definition) is 0. The second-order valence-corrected chi connectivity index (χ2v) is 6.06. The van der Waals surface area contributed by atoms with E-state index >= 15 is 0 Å². The number of ether oxygens (including phenoxy) is 1. The maximum Gasteiger partial charge on any atom is 0.193 e. The predicted molar refractivity (Wildman–Crippen MR) is 92.0 cm³/mol. The molecule has 0 aliphatic carbocycles. The van der Waals surface area contributed by atoms with Gasteiger partial charge in [-0.05, 0) is 43.6 Å². The number of carbonyl (C=O) groups is 1. The molecular formula is C20H23NO2. The maximum atomic E-state index is 12.9. The Labute approximate surface area is 137 Å². The zero-order valence-corrected chi connectivity index (χ0v) is 13.6. The van der Waals surface area contributed by atoms with Crippen molar-refractivity contribution in [1.29, 1.82) is 0 Å². The van der Waals surface area contributed by atoms with Crippen molar-refractivity contribution in [2.24, 2.45) is 0 Å². The van der Waals surface area contributed by atoms with E-state index in [1.165, 1.54) is 19.3 Å². The van der Waals surface area contributed by atoms with Crippen LogP contribution in [-0.2, 0) is 6.54 Å². The van der Waals surface area contributed by atoms with Gasteiger partial charge in [-0.3, -0.25) is 9.69 Å². The summed E-state index contributed by atoms with van der Waals surface area (Å²) < 4.78 is 5.23. The van der Waals surface area contributed by atoms with E-state index < -0.39 is 0 Å². The number of ketones is 1. The highest BCUT2D eigenvalue weighted by atomic mass is 16.5. The molecule has 120 valence electrons. The molecule has 0 saturated carbocycles. The lowest BCUT2D eigenvalue weighted by Crippen LogP contribution is -2.29. The Hall–Kier alpha value is -2.13. The third-order valence-corrected chi connectivity index (χ3v) is 4.44. The van der Waals surface area contributed by atoms with Crippen LogP contribution in [0.25, 0.3) is 0 Å². The molecule has 1 fully saturated rings. The highest BCUT2D eigenvalue weighted by molar-refractivity contribution is 6.10. The second kappa shape index (κ2) is 7.42. The van der Waals surface area contributed by atoms with Gasteiger partial charge in [0, 0.05) is 17.7 Å². The minimum atomic E-state index is 0.0662. The highest BCUT2D eigenvalue weighted by Crippen LogP contribution is 2.21. The first kappa shape index (κ1) is 15.8. The van der Waals surface area contributed by atoms with Gasteiger partial charge in [0.25, 0.3) is 0 Å². The van der Waals surface area contributed by atoms with Crippen molar-refractivity contribution in [2.75, 3.05) is 20.2 Å². The van der Waals surface area contributed by atoms with Crippen LogP contribution in [0.15, 0.2) is 48.5 Å². The summed E-state index contributed by atoms with van der Waals surface area (Å²) in [5.74, 6) is 0.779. The van der Waals surface area contributed by atoms with Crippen molar-refractivity contribution in [3.63, 3.8) is 0 Å². The number of carbonyl (C=O) groups excluding carboxylic acids is 1. The van der Waals surface area contributed by atoms with Gasteiger partial charge in [0.05, 0.1) is 7.11 Å². The van der Waals surface area contributed by atoms with Crippen LogP contribution in [-0.4, -0.2) is 30.9 Å². The fraction of sp³-hybridized carbons (Fsp3) is 0.350. The van der Waals surface area contributed by atoms with E-state index in [2.05, 4.69) is 11.0 Å². The molecule has 1 heterocycles. The quantitative estimate of drug-likeness (QED) is 0.784. The Balaban J connectivity index is 1.85. The van der Waals surface area contributed by atoms with Gasteiger partial charge in [-0.15, -0.1) is 0 Å². The Morgan fingerprint density at radius 1 is 1.04 bits per heavy atom. The predicted octanol–water partition coefficient (Wildman–Crippen LogP) is 3.91. The molecule has 3 rings (SSSR count). The smallest absolute Gasteiger partial charge is 0.193 e. The molecule has 0 radical (unpaired) electrons. The van der Waals surface area contributed by atoms with Gasteiger partial charge in [0.1, 0.15) is 5.75 Å². The van der Waals surface area contributed by atoms with Gasteiger partial charge in [-0.1, -0.05) is 42.8 Å². The summed E-state index contributed by atoms with van der Waals surface area (Å²) in [6.07, 6.45) is 3.83. The number of methoxy groups -OCH3 is 1. The molecule has 1 saturated heterocycles. The molecule has 0 amide bonds. The van der Waals surface area contributed by atoms with E-state index in [9.17, 15) is 4.79 Å². The van der Waals surface area contributed by atoms with Crippen LogP contribution in [0.4, 0.5) is 0 Å².